The molecule has 0 radical (unpaired) electrons. The van der Waals surface area contributed by atoms with Crippen molar-refractivity contribution in [3.05, 3.63) is 57.2 Å². The lowest BCUT2D eigenvalue weighted by Gasteiger charge is -2.23. The van der Waals surface area contributed by atoms with Crippen molar-refractivity contribution < 1.29 is 9.90 Å². The molecule has 0 spiro atoms. The average molecular weight is 401 g/mol. The van der Waals surface area contributed by atoms with Crippen molar-refractivity contribution in [3.8, 4) is 0 Å². The van der Waals surface area contributed by atoms with E-state index in [4.69, 9.17) is 21.5 Å². The highest BCUT2D eigenvalue weighted by Gasteiger charge is 2.18. The Morgan fingerprint density at radius 2 is 1.86 bits per heavy atom. The number of carbonyl (C=O) groups is 1. The van der Waals surface area contributed by atoms with E-state index in [1.54, 1.807) is 12.1 Å². The van der Waals surface area contributed by atoms with E-state index in [0.29, 0.717) is 10.4 Å². The van der Waals surface area contributed by atoms with Crippen LogP contribution in [-0.2, 0) is 17.8 Å². The van der Waals surface area contributed by atoms with Crippen LogP contribution in [0.5, 0.6) is 0 Å². The first-order chi connectivity index (χ1) is 13.4. The molecular weight excluding hydrogens is 376 g/mol. The summed E-state index contributed by atoms with van der Waals surface area (Å²) in [6.45, 7) is 8.58. The van der Waals surface area contributed by atoms with E-state index in [1.807, 2.05) is 26.2 Å². The molecule has 2 aromatic carbocycles. The Morgan fingerprint density at radius 3 is 2.36 bits per heavy atom. The molecule has 0 saturated carbocycles. The Balaban J connectivity index is 0.000000878. The minimum Gasteiger partial charge on any atom is -0.483 e. The van der Waals surface area contributed by atoms with Gasteiger partial charge >= 0.3 is 0 Å². The summed E-state index contributed by atoms with van der Waals surface area (Å²) < 4.78 is 2.21. The third-order valence-corrected chi connectivity index (χ3v) is 5.09. The molecule has 0 aliphatic rings. The topological polar surface area (TPSA) is 62.5 Å². The van der Waals surface area contributed by atoms with E-state index in [2.05, 4.69) is 36.0 Å². The lowest BCUT2D eigenvalue weighted by Crippen LogP contribution is -2.18. The molecule has 1 N–H and O–H groups in total. The molecule has 28 heavy (non-hydrogen) atoms. The van der Waals surface area contributed by atoms with Gasteiger partial charge in [-0.1, -0.05) is 37.2 Å². The highest BCUT2D eigenvalue weighted by molar-refractivity contribution is 6.33. The number of aromatic nitrogens is 1. The average Bonchev–Trinajstić information content (AvgIpc) is 2.68. The van der Waals surface area contributed by atoms with Crippen molar-refractivity contribution in [1.29, 1.82) is 0 Å². The molecule has 0 atom stereocenters. The van der Waals surface area contributed by atoms with Crippen molar-refractivity contribution in [3.63, 3.8) is 0 Å². The fourth-order valence-corrected chi connectivity index (χ4v) is 3.84. The molecule has 6 heteroatoms. The highest BCUT2D eigenvalue weighted by Crippen LogP contribution is 2.33. The van der Waals surface area contributed by atoms with Crippen LogP contribution in [0.4, 0.5) is 5.69 Å². The van der Waals surface area contributed by atoms with Gasteiger partial charge in [0.25, 0.3) is 6.47 Å². The molecule has 1 heterocycles. The van der Waals surface area contributed by atoms with E-state index in [1.165, 1.54) is 5.56 Å². The summed E-state index contributed by atoms with van der Waals surface area (Å²) in [5.41, 5.74) is 5.09. The predicted molar refractivity (Wildman–Crippen MR) is 119 cm³/mol. The number of carboxylic acid groups (broad SMARTS) is 1. The van der Waals surface area contributed by atoms with Gasteiger partial charge in [0.05, 0.1) is 16.7 Å². The van der Waals surface area contributed by atoms with Gasteiger partial charge in [0.1, 0.15) is 0 Å². The molecule has 0 aliphatic heterocycles. The number of hydrogen-bond acceptors (Lipinski definition) is 3. The second-order valence-electron chi connectivity index (χ2n) is 6.49. The van der Waals surface area contributed by atoms with Crippen LogP contribution in [0, 0.1) is 0 Å². The Bertz CT molecular complexity index is 1100. The van der Waals surface area contributed by atoms with Gasteiger partial charge in [-0.05, 0) is 42.7 Å². The molecule has 0 unspecified atom stereocenters. The predicted octanol–water partition coefficient (Wildman–Crippen LogP) is 4.80. The molecule has 0 bridgehead atoms. The molecule has 5 nitrogen and oxygen atoms in total. The van der Waals surface area contributed by atoms with Crippen molar-refractivity contribution >= 4 is 51.6 Å². The van der Waals surface area contributed by atoms with Crippen LogP contribution in [0.2, 0.25) is 5.02 Å². The molecule has 3 aromatic rings. The first kappa shape index (κ1) is 21.5. The normalized spacial score (nSPS) is 10.5. The zero-order chi connectivity index (χ0) is 21.0. The van der Waals surface area contributed by atoms with Gasteiger partial charge in [0.2, 0.25) is 0 Å². The third kappa shape index (κ3) is 3.62. The quantitative estimate of drug-likeness (QED) is 0.504. The SMILES string of the molecule is C=Cc1cc2c(cc1Cl)c(=O)c1ccc(CC)c(N(C)C)c1n2CC.O=CO. The fourth-order valence-electron chi connectivity index (χ4n) is 3.60. The Morgan fingerprint density at radius 1 is 1.21 bits per heavy atom. The van der Waals surface area contributed by atoms with E-state index in [0.717, 1.165) is 40.6 Å². The summed E-state index contributed by atoms with van der Waals surface area (Å²) in [5, 5.41) is 8.83. The van der Waals surface area contributed by atoms with Crippen LogP contribution >= 0.6 is 11.6 Å². The first-order valence-corrected chi connectivity index (χ1v) is 9.43. The van der Waals surface area contributed by atoms with Crippen molar-refractivity contribution in [2.24, 2.45) is 0 Å². The number of benzene rings is 2. The fraction of sp³-hybridized carbons (Fsp3) is 0.273. The van der Waals surface area contributed by atoms with Crippen molar-refractivity contribution in [1.82, 2.24) is 4.57 Å². The summed E-state index contributed by atoms with van der Waals surface area (Å²) in [5.74, 6) is 0. The Hall–Kier alpha value is -2.79. The van der Waals surface area contributed by atoms with Crippen LogP contribution < -0.4 is 10.3 Å². The van der Waals surface area contributed by atoms with Gasteiger partial charge in [-0.3, -0.25) is 9.59 Å². The zero-order valence-electron chi connectivity index (χ0n) is 16.6. The van der Waals surface area contributed by atoms with Crippen LogP contribution in [0.15, 0.2) is 35.6 Å². The van der Waals surface area contributed by atoms with Crippen LogP contribution in [0.1, 0.15) is 25.0 Å². The van der Waals surface area contributed by atoms with E-state index in [-0.39, 0.29) is 11.9 Å². The lowest BCUT2D eigenvalue weighted by molar-refractivity contribution is -0.122. The first-order valence-electron chi connectivity index (χ1n) is 9.05. The summed E-state index contributed by atoms with van der Waals surface area (Å²) in [6, 6.07) is 7.74. The number of fused-ring (bicyclic) bond motifs is 2. The molecule has 1 aromatic heterocycles. The smallest absolute Gasteiger partial charge is 0.290 e. The zero-order valence-corrected chi connectivity index (χ0v) is 17.4. The van der Waals surface area contributed by atoms with Gasteiger partial charge in [-0.15, -0.1) is 0 Å². The van der Waals surface area contributed by atoms with Gasteiger partial charge in [0, 0.05) is 36.4 Å². The lowest BCUT2D eigenvalue weighted by atomic mass is 10.0. The minimum atomic E-state index is -0.250. The maximum absolute atomic E-state index is 13.2. The number of aryl methyl sites for hydroxylation is 2. The summed E-state index contributed by atoms with van der Waals surface area (Å²) >= 11 is 6.32. The van der Waals surface area contributed by atoms with Gasteiger partial charge in [0.15, 0.2) is 5.43 Å². The molecule has 0 saturated heterocycles. The Kier molecular flexibility index (Phi) is 6.86. The molecule has 0 aliphatic carbocycles. The molecule has 3 rings (SSSR count). The van der Waals surface area contributed by atoms with Crippen LogP contribution in [0.3, 0.4) is 0 Å². The number of rotatable bonds is 4. The van der Waals surface area contributed by atoms with E-state index < -0.39 is 0 Å². The number of pyridine rings is 1. The summed E-state index contributed by atoms with van der Waals surface area (Å²) in [4.78, 5) is 23.6. The van der Waals surface area contributed by atoms with E-state index >= 15 is 0 Å². The van der Waals surface area contributed by atoms with Gasteiger partial charge in [-0.2, -0.15) is 0 Å². The monoisotopic (exact) mass is 400 g/mol. The largest absolute Gasteiger partial charge is 0.483 e. The second kappa shape index (κ2) is 8.93. The second-order valence-corrected chi connectivity index (χ2v) is 6.90. The highest BCUT2D eigenvalue weighted by atomic mass is 35.5. The van der Waals surface area contributed by atoms with Gasteiger partial charge in [-0.25, -0.2) is 0 Å². The van der Waals surface area contributed by atoms with Crippen LogP contribution in [0.25, 0.3) is 27.9 Å². The maximum Gasteiger partial charge on any atom is 0.290 e. The number of hydrogen-bond donors (Lipinski definition) is 1. The minimum absolute atomic E-state index is 0.0259. The molecule has 0 fully saturated rings. The number of anilines is 1. The van der Waals surface area contributed by atoms with Crippen LogP contribution in [-0.4, -0.2) is 30.2 Å². The number of halogens is 1. The Labute approximate surface area is 169 Å². The number of nitrogens with zero attached hydrogens (tertiary/aromatic N) is 2. The van der Waals surface area contributed by atoms with Gasteiger partial charge < -0.3 is 14.6 Å². The standard InChI is InChI=1S/C21H23ClN2O.CH2O2/c1-6-13-9-10-15-20(19(13)23(4)5)24(8-3)18-11-14(7-2)17(22)12-16(18)21(15)25;2-1-3/h7,9-12H,2,6,8H2,1,3-5H3;1H,(H,2,3). The third-order valence-electron chi connectivity index (χ3n) is 4.76. The van der Waals surface area contributed by atoms with Crippen molar-refractivity contribution in [2.75, 3.05) is 19.0 Å². The van der Waals surface area contributed by atoms with Crippen molar-refractivity contribution in [2.45, 2.75) is 26.8 Å². The summed E-state index contributed by atoms with van der Waals surface area (Å²) in [6.07, 6.45) is 2.64. The van der Waals surface area contributed by atoms with E-state index in [9.17, 15) is 4.79 Å². The molecular formula is C22H25ClN2O3. The molecule has 148 valence electrons. The summed E-state index contributed by atoms with van der Waals surface area (Å²) in [7, 11) is 4.05. The molecule has 0 amide bonds. The maximum atomic E-state index is 13.2.